The van der Waals surface area contributed by atoms with Crippen LogP contribution in [0.4, 0.5) is 4.39 Å². The molecule has 0 N–H and O–H groups in total. The second-order valence-corrected chi connectivity index (χ2v) is 8.47. The molecule has 0 aliphatic carbocycles. The third-order valence-electron chi connectivity index (χ3n) is 4.53. The van der Waals surface area contributed by atoms with E-state index < -0.39 is 0 Å². The molecular weight excluding hydrogens is 422 g/mol. The molecule has 0 saturated heterocycles. The second kappa shape index (κ2) is 9.63. The van der Waals surface area contributed by atoms with Crippen molar-refractivity contribution in [3.8, 4) is 17.2 Å². The molecule has 0 amide bonds. The van der Waals surface area contributed by atoms with Crippen molar-refractivity contribution < 1.29 is 18.6 Å². The molecule has 3 aromatic carbocycles. The molecule has 1 atom stereocenters. The molecule has 0 aliphatic rings. The summed E-state index contributed by atoms with van der Waals surface area (Å²) in [6.07, 6.45) is 0. The molecule has 146 valence electrons. The van der Waals surface area contributed by atoms with Gasteiger partial charge in [0.1, 0.15) is 0 Å². The first kappa shape index (κ1) is 20.2. The van der Waals surface area contributed by atoms with Crippen LogP contribution in [0.1, 0.15) is 17.0 Å². The zero-order valence-electron chi connectivity index (χ0n) is 16.1. The van der Waals surface area contributed by atoms with Gasteiger partial charge in [-0.25, -0.2) is 0 Å². The van der Waals surface area contributed by atoms with Crippen LogP contribution in [0.2, 0.25) is 5.32 Å². The van der Waals surface area contributed by atoms with Gasteiger partial charge in [-0.1, -0.05) is 0 Å². The third kappa shape index (κ3) is 4.67. The minimum atomic E-state index is -0.246. The zero-order valence-corrected chi connectivity index (χ0v) is 17.9. The normalized spacial score (nSPS) is 11.7. The summed E-state index contributed by atoms with van der Waals surface area (Å²) in [5.41, 5.74) is 1.98. The van der Waals surface area contributed by atoms with Crippen LogP contribution in [0, 0.1) is 5.82 Å². The summed E-state index contributed by atoms with van der Waals surface area (Å²) in [7, 11) is 4.90. The van der Waals surface area contributed by atoms with Crippen LogP contribution in [0.3, 0.4) is 0 Å². The van der Waals surface area contributed by atoms with Crippen molar-refractivity contribution in [3.05, 3.63) is 83.7 Å². The maximum atomic E-state index is 13.5. The fraction of sp³-hybridized carbons (Fsp3) is 0.217. The van der Waals surface area contributed by atoms with Crippen molar-refractivity contribution >= 4 is 19.4 Å². The van der Waals surface area contributed by atoms with E-state index in [-0.39, 0.29) is 26.7 Å². The topological polar surface area (TPSA) is 27.7 Å². The Labute approximate surface area is 171 Å². The number of ether oxygens (including phenoxy) is 3. The SMILES string of the molecule is COc1cc(OC)c(C(C[Se]c2ccccc2)c2ccc(F)cc2)c(OC)c1. The molecule has 0 saturated carbocycles. The molecule has 0 aromatic heterocycles. The van der Waals surface area contributed by atoms with E-state index in [0.717, 1.165) is 16.4 Å². The van der Waals surface area contributed by atoms with Crippen LogP contribution in [0.25, 0.3) is 0 Å². The molecule has 5 heteroatoms. The Morgan fingerprint density at radius 1 is 0.821 bits per heavy atom. The summed E-state index contributed by atoms with van der Waals surface area (Å²) in [4.78, 5) is 0. The van der Waals surface area contributed by atoms with Gasteiger partial charge in [-0.05, 0) is 0 Å². The van der Waals surface area contributed by atoms with Crippen LogP contribution >= 0.6 is 0 Å². The van der Waals surface area contributed by atoms with Crippen molar-refractivity contribution in [1.29, 1.82) is 0 Å². The first-order chi connectivity index (χ1) is 13.7. The molecule has 3 nitrogen and oxygen atoms in total. The Morgan fingerprint density at radius 3 is 1.96 bits per heavy atom. The van der Waals surface area contributed by atoms with Crippen molar-refractivity contribution in [1.82, 2.24) is 0 Å². The van der Waals surface area contributed by atoms with Crippen LogP contribution in [-0.4, -0.2) is 36.3 Å². The van der Waals surface area contributed by atoms with Crippen molar-refractivity contribution in [2.75, 3.05) is 21.3 Å². The van der Waals surface area contributed by atoms with Gasteiger partial charge < -0.3 is 0 Å². The Bertz CT molecular complexity index is 872. The van der Waals surface area contributed by atoms with Gasteiger partial charge in [-0.3, -0.25) is 0 Å². The number of benzene rings is 3. The van der Waals surface area contributed by atoms with Gasteiger partial charge in [-0.15, -0.1) is 0 Å². The van der Waals surface area contributed by atoms with E-state index in [1.807, 2.05) is 30.3 Å². The van der Waals surface area contributed by atoms with Gasteiger partial charge in [0.15, 0.2) is 0 Å². The number of hydrogen-bond acceptors (Lipinski definition) is 3. The number of rotatable bonds is 8. The van der Waals surface area contributed by atoms with Crippen LogP contribution < -0.4 is 18.7 Å². The molecular formula is C23H23FO3Se. The number of halogens is 1. The Hall–Kier alpha value is -2.49. The molecule has 0 fully saturated rings. The van der Waals surface area contributed by atoms with Crippen LogP contribution in [-0.2, 0) is 0 Å². The number of methoxy groups -OCH3 is 3. The van der Waals surface area contributed by atoms with E-state index >= 15 is 0 Å². The fourth-order valence-electron chi connectivity index (χ4n) is 3.11. The Kier molecular flexibility index (Phi) is 6.96. The van der Waals surface area contributed by atoms with E-state index in [0.29, 0.717) is 17.2 Å². The van der Waals surface area contributed by atoms with Crippen molar-refractivity contribution in [2.45, 2.75) is 11.2 Å². The summed E-state index contributed by atoms with van der Waals surface area (Å²) >= 11 is 0.232. The van der Waals surface area contributed by atoms with Gasteiger partial charge in [0.05, 0.1) is 0 Å². The second-order valence-electron chi connectivity index (χ2n) is 6.17. The molecule has 0 spiro atoms. The summed E-state index contributed by atoms with van der Waals surface area (Å²) in [5.74, 6) is 1.84. The molecule has 0 bridgehead atoms. The fourth-order valence-corrected chi connectivity index (χ4v) is 5.35. The predicted octanol–water partition coefficient (Wildman–Crippen LogP) is 4.43. The Balaban J connectivity index is 2.06. The first-order valence-corrected chi connectivity index (χ1v) is 11.0. The van der Waals surface area contributed by atoms with Gasteiger partial charge in [0.2, 0.25) is 0 Å². The molecule has 0 radical (unpaired) electrons. The minimum absolute atomic E-state index is 0.0108. The van der Waals surface area contributed by atoms with Gasteiger partial charge in [0, 0.05) is 0 Å². The molecule has 1 unspecified atom stereocenters. The summed E-state index contributed by atoms with van der Waals surface area (Å²) in [6, 6.07) is 20.8. The average Bonchev–Trinajstić information content (AvgIpc) is 2.75. The van der Waals surface area contributed by atoms with Gasteiger partial charge in [-0.2, -0.15) is 0 Å². The third-order valence-corrected chi connectivity index (χ3v) is 6.85. The predicted molar refractivity (Wildman–Crippen MR) is 111 cm³/mol. The van der Waals surface area contributed by atoms with E-state index in [2.05, 4.69) is 24.3 Å². The van der Waals surface area contributed by atoms with E-state index in [1.165, 1.54) is 16.6 Å². The van der Waals surface area contributed by atoms with Gasteiger partial charge in [0.25, 0.3) is 0 Å². The molecule has 3 aromatic rings. The van der Waals surface area contributed by atoms with E-state index in [9.17, 15) is 4.39 Å². The van der Waals surface area contributed by atoms with Crippen molar-refractivity contribution in [3.63, 3.8) is 0 Å². The summed E-state index contributed by atoms with van der Waals surface area (Å²) < 4.78 is 31.6. The molecule has 0 heterocycles. The summed E-state index contributed by atoms with van der Waals surface area (Å²) in [5, 5.41) is 0.891. The van der Waals surface area contributed by atoms with E-state index in [1.54, 1.807) is 21.3 Å². The van der Waals surface area contributed by atoms with Crippen LogP contribution in [0.5, 0.6) is 17.2 Å². The summed E-state index contributed by atoms with van der Waals surface area (Å²) in [6.45, 7) is 0. The monoisotopic (exact) mass is 446 g/mol. The molecule has 0 aliphatic heterocycles. The number of hydrogen-bond donors (Lipinski definition) is 0. The molecule has 28 heavy (non-hydrogen) atoms. The Morgan fingerprint density at radius 2 is 1.43 bits per heavy atom. The van der Waals surface area contributed by atoms with Crippen molar-refractivity contribution in [2.24, 2.45) is 0 Å². The first-order valence-electron chi connectivity index (χ1n) is 8.89. The van der Waals surface area contributed by atoms with Gasteiger partial charge >= 0.3 is 172 Å². The molecule has 3 rings (SSSR count). The quantitative estimate of drug-likeness (QED) is 0.480. The van der Waals surface area contributed by atoms with Crippen LogP contribution in [0.15, 0.2) is 66.7 Å². The average molecular weight is 445 g/mol. The zero-order chi connectivity index (χ0) is 19.9. The standard InChI is InChI=1S/C23H23FO3Se/c1-25-18-13-21(26-2)23(22(14-18)27-3)20(16-9-11-17(24)12-10-16)15-28-19-7-5-4-6-8-19/h4-14,20H,15H2,1-3H3. The van der Waals surface area contributed by atoms with E-state index in [4.69, 9.17) is 14.2 Å². The maximum absolute atomic E-state index is 13.5.